The number of carbonyl (C=O) groups excluding carboxylic acids is 4. The number of hydrogen-bond acceptors (Lipinski definition) is 10. The number of nitrogens with one attached hydrogen (secondary N) is 3. The molecule has 0 bridgehead atoms. The molecule has 0 aliphatic heterocycles. The maximum Gasteiger partial charge on any atom is 0.431 e. The molecule has 13 nitrogen and oxygen atoms in total. The Bertz CT molecular complexity index is 499. The molecular formula is C21H39N3O10. The Hall–Kier alpha value is -3.00. The van der Waals surface area contributed by atoms with E-state index in [1.165, 1.54) is 14.2 Å². The second kappa shape index (κ2) is 30.0. The van der Waals surface area contributed by atoms with E-state index in [9.17, 15) is 19.2 Å². The lowest BCUT2D eigenvalue weighted by Crippen LogP contribution is -2.34. The van der Waals surface area contributed by atoms with E-state index in [4.69, 9.17) is 18.9 Å². The van der Waals surface area contributed by atoms with Crippen molar-refractivity contribution in [3.8, 4) is 0 Å². The third-order valence-electron chi connectivity index (χ3n) is 3.25. The van der Waals surface area contributed by atoms with Crippen LogP contribution in [-0.2, 0) is 38.2 Å². The number of rotatable bonds is 18. The summed E-state index contributed by atoms with van der Waals surface area (Å²) < 4.78 is 20.5. The number of hydrogen-bond donors (Lipinski definition) is 3. The van der Waals surface area contributed by atoms with Crippen molar-refractivity contribution in [2.24, 2.45) is 0 Å². The third kappa shape index (κ3) is 27.0. The summed E-state index contributed by atoms with van der Waals surface area (Å²) >= 11 is 0. The molecule has 0 aromatic carbocycles. The molecule has 3 N–H and O–H groups in total. The number of ether oxygens (including phenoxy) is 4. The Morgan fingerprint density at radius 3 is 1.91 bits per heavy atom. The quantitative estimate of drug-likeness (QED) is 0.110. The van der Waals surface area contributed by atoms with Crippen LogP contribution in [0.4, 0.5) is 9.59 Å². The molecule has 3 amide bonds. The molecule has 0 heterocycles. The van der Waals surface area contributed by atoms with E-state index in [1.807, 2.05) is 11.0 Å². The van der Waals surface area contributed by atoms with Gasteiger partial charge in [-0.2, -0.15) is 11.0 Å². The molecule has 0 aromatic rings. The topological polar surface area (TPSA) is 160 Å². The molecule has 0 saturated heterocycles. The Kier molecular flexibility index (Phi) is 31.4. The highest BCUT2D eigenvalue weighted by molar-refractivity contribution is 5.75. The molecular weight excluding hydrogens is 454 g/mol. The molecule has 34 heavy (non-hydrogen) atoms. The predicted octanol–water partition coefficient (Wildman–Crippen LogP) is 1.44. The van der Waals surface area contributed by atoms with Crippen LogP contribution in [0.2, 0.25) is 0 Å². The fourth-order valence-electron chi connectivity index (χ4n) is 1.91. The van der Waals surface area contributed by atoms with Crippen LogP contribution in [0.3, 0.4) is 0 Å². The second-order valence-electron chi connectivity index (χ2n) is 5.68. The summed E-state index contributed by atoms with van der Waals surface area (Å²) in [5.41, 5.74) is 3.94. The molecule has 0 aliphatic carbocycles. The Labute approximate surface area is 201 Å². The summed E-state index contributed by atoms with van der Waals surface area (Å²) in [5.74, 6) is -0.168. The van der Waals surface area contributed by atoms with Crippen LogP contribution in [0.15, 0.2) is 26.3 Å². The number of aldehydes is 1. The van der Waals surface area contributed by atoms with Crippen LogP contribution < -0.4 is 16.3 Å². The zero-order valence-electron chi connectivity index (χ0n) is 20.1. The molecule has 0 aliphatic rings. The van der Waals surface area contributed by atoms with Gasteiger partial charge in [0, 0.05) is 32.6 Å². The number of carbonyl (C=O) groups is 4. The minimum absolute atomic E-state index is 0.168. The van der Waals surface area contributed by atoms with E-state index in [2.05, 4.69) is 41.3 Å². The van der Waals surface area contributed by atoms with Crippen LogP contribution in [0.1, 0.15) is 25.7 Å². The molecule has 13 heteroatoms. The Balaban J connectivity index is -0.00000227. The summed E-state index contributed by atoms with van der Waals surface area (Å²) in [6.45, 7) is 13.0. The van der Waals surface area contributed by atoms with Crippen molar-refractivity contribution >= 4 is 24.4 Å². The van der Waals surface area contributed by atoms with E-state index in [1.54, 1.807) is 0 Å². The smallest absolute Gasteiger partial charge is 0.431 e. The molecule has 0 unspecified atom stereocenters. The Morgan fingerprint density at radius 1 is 0.853 bits per heavy atom. The first kappa shape index (κ1) is 35.6. The molecule has 0 rings (SSSR count). The molecule has 0 spiro atoms. The molecule has 0 radical (unpaired) electrons. The first-order valence-electron chi connectivity index (χ1n) is 10.3. The van der Waals surface area contributed by atoms with Gasteiger partial charge in [0.1, 0.15) is 25.6 Å². The van der Waals surface area contributed by atoms with E-state index in [0.29, 0.717) is 39.0 Å². The monoisotopic (exact) mass is 493 g/mol. The van der Waals surface area contributed by atoms with Gasteiger partial charge in [0.25, 0.3) is 0 Å². The lowest BCUT2D eigenvalue weighted by atomic mass is 10.3. The van der Waals surface area contributed by atoms with E-state index >= 15 is 0 Å². The van der Waals surface area contributed by atoms with Crippen LogP contribution in [0.25, 0.3) is 0 Å². The van der Waals surface area contributed by atoms with Crippen molar-refractivity contribution in [1.82, 2.24) is 16.3 Å². The van der Waals surface area contributed by atoms with E-state index < -0.39 is 18.3 Å². The van der Waals surface area contributed by atoms with Gasteiger partial charge in [-0.1, -0.05) is 0 Å². The van der Waals surface area contributed by atoms with E-state index in [0.717, 1.165) is 6.29 Å². The second-order valence-corrected chi connectivity index (χ2v) is 5.68. The van der Waals surface area contributed by atoms with Gasteiger partial charge in [0.15, 0.2) is 0 Å². The van der Waals surface area contributed by atoms with Gasteiger partial charge in [-0.15, -0.1) is 26.3 Å². The lowest BCUT2D eigenvalue weighted by molar-refractivity contribution is -0.121. The summed E-state index contributed by atoms with van der Waals surface area (Å²) in [6, 6.07) is 0. The van der Waals surface area contributed by atoms with Gasteiger partial charge in [0.05, 0.1) is 20.8 Å². The van der Waals surface area contributed by atoms with Gasteiger partial charge in [0.2, 0.25) is 5.91 Å². The molecule has 0 aromatic heterocycles. The minimum Gasteiger partial charge on any atom is -0.445 e. The van der Waals surface area contributed by atoms with Crippen LogP contribution >= 0.6 is 0 Å². The first-order chi connectivity index (χ1) is 16.5. The van der Waals surface area contributed by atoms with Crippen molar-refractivity contribution in [1.29, 1.82) is 0 Å². The highest BCUT2D eigenvalue weighted by Crippen LogP contribution is 2.00. The SMILES string of the molecule is C=C.C=C.CONC(=O)OCC(COC(=O)NOC)OCCCC(=O)NCCOCCCC=O. The third-order valence-corrected chi connectivity index (χ3v) is 3.25. The molecule has 198 valence electrons. The van der Waals surface area contributed by atoms with Crippen molar-refractivity contribution in [3.05, 3.63) is 26.3 Å². The number of unbranched alkanes of at least 4 members (excludes halogenated alkanes) is 1. The van der Waals surface area contributed by atoms with Crippen molar-refractivity contribution in [2.45, 2.75) is 31.8 Å². The average Bonchev–Trinajstić information content (AvgIpc) is 2.85. The molecule has 0 saturated carbocycles. The summed E-state index contributed by atoms with van der Waals surface area (Å²) in [4.78, 5) is 53.3. The first-order valence-corrected chi connectivity index (χ1v) is 10.3. The summed E-state index contributed by atoms with van der Waals surface area (Å²) in [6.07, 6.45) is 0.142. The van der Waals surface area contributed by atoms with Gasteiger partial charge in [-0.3, -0.25) is 14.5 Å². The molecule has 0 atom stereocenters. The highest BCUT2D eigenvalue weighted by atomic mass is 16.7. The van der Waals surface area contributed by atoms with Gasteiger partial charge < -0.3 is 29.1 Å². The average molecular weight is 494 g/mol. The van der Waals surface area contributed by atoms with Gasteiger partial charge in [-0.25, -0.2) is 9.59 Å². The largest absolute Gasteiger partial charge is 0.445 e. The van der Waals surface area contributed by atoms with Crippen LogP contribution in [0, 0.1) is 0 Å². The van der Waals surface area contributed by atoms with E-state index in [-0.39, 0.29) is 32.1 Å². The maximum atomic E-state index is 11.7. The van der Waals surface area contributed by atoms with Crippen LogP contribution in [-0.4, -0.2) is 84.3 Å². The lowest BCUT2D eigenvalue weighted by Gasteiger charge is -2.18. The number of amides is 3. The van der Waals surface area contributed by atoms with Crippen molar-refractivity contribution in [2.75, 3.05) is 53.8 Å². The maximum absolute atomic E-state index is 11.7. The summed E-state index contributed by atoms with van der Waals surface area (Å²) in [5, 5.41) is 2.70. The Morgan fingerprint density at radius 2 is 1.41 bits per heavy atom. The van der Waals surface area contributed by atoms with Gasteiger partial charge >= 0.3 is 12.2 Å². The fourth-order valence-corrected chi connectivity index (χ4v) is 1.91. The number of hydroxylamine groups is 2. The van der Waals surface area contributed by atoms with Crippen LogP contribution in [0.5, 0.6) is 0 Å². The summed E-state index contributed by atoms with van der Waals surface area (Å²) in [7, 11) is 2.50. The van der Waals surface area contributed by atoms with Gasteiger partial charge in [-0.05, 0) is 12.8 Å². The predicted molar refractivity (Wildman–Crippen MR) is 124 cm³/mol. The standard InChI is InChI=1S/C17H31N3O10.2C2H4/c1-25-19-16(23)29-12-14(13-30-17(24)20-26-2)28-10-5-6-15(22)18-7-11-27-9-4-3-8-21;2*1-2/h8,14H,3-7,9-13H2,1-2H3,(H,18,22)(H,19,23)(H,20,24);2*1-2H2. The normalized spacial score (nSPS) is 9.38. The highest BCUT2D eigenvalue weighted by Gasteiger charge is 2.16. The zero-order valence-corrected chi connectivity index (χ0v) is 20.1. The van der Waals surface area contributed by atoms with Crippen molar-refractivity contribution < 1.29 is 47.8 Å². The zero-order chi connectivity index (χ0) is 26.5. The fraction of sp³-hybridized carbons (Fsp3) is 0.619. The molecule has 0 fully saturated rings. The van der Waals surface area contributed by atoms with Crippen molar-refractivity contribution in [3.63, 3.8) is 0 Å². The minimum atomic E-state index is -0.833.